The molecule has 0 amide bonds. The largest absolute Gasteiger partial charge is 0.497 e. The second-order valence-electron chi connectivity index (χ2n) is 5.03. The van der Waals surface area contributed by atoms with Crippen LogP contribution in [0, 0.1) is 0 Å². The van der Waals surface area contributed by atoms with Gasteiger partial charge in [0.2, 0.25) is 0 Å². The molecule has 3 heteroatoms. The van der Waals surface area contributed by atoms with Gasteiger partial charge in [0.25, 0.3) is 6.85 Å². The van der Waals surface area contributed by atoms with Crippen LogP contribution in [0.1, 0.15) is 26.2 Å². The highest BCUT2D eigenvalue weighted by Crippen LogP contribution is 2.18. The first-order chi connectivity index (χ1) is 8.22. The Kier molecular flexibility index (Phi) is 4.11. The van der Waals surface area contributed by atoms with E-state index in [-0.39, 0.29) is 0 Å². The zero-order chi connectivity index (χ0) is 12.3. The number of methoxy groups -OCH3 is 1. The highest BCUT2D eigenvalue weighted by atomic mass is 16.5. The molecule has 1 aliphatic rings. The molecule has 0 unspecified atom stereocenters. The lowest BCUT2D eigenvalue weighted by atomic mass is 9.55. The number of piperidine rings is 1. The number of nitrogens with zero attached hydrogens (tertiary/aromatic N) is 1. The van der Waals surface area contributed by atoms with Crippen molar-refractivity contribution in [1.29, 1.82) is 0 Å². The maximum Gasteiger partial charge on any atom is 0.254 e. The molecule has 1 saturated heterocycles. The van der Waals surface area contributed by atoms with Crippen molar-refractivity contribution in [2.45, 2.75) is 39.1 Å². The average molecular weight is 231 g/mol. The van der Waals surface area contributed by atoms with Crippen LogP contribution in [-0.2, 0) is 0 Å². The Morgan fingerprint density at radius 2 is 1.94 bits per heavy atom. The van der Waals surface area contributed by atoms with Crippen LogP contribution in [-0.4, -0.2) is 31.4 Å². The molecular weight excluding hydrogens is 209 g/mol. The average Bonchev–Trinajstić information content (AvgIpc) is 2.39. The normalized spacial score (nSPS) is 21.2. The van der Waals surface area contributed by atoms with Crippen LogP contribution in [0.4, 0.5) is 0 Å². The van der Waals surface area contributed by atoms with Gasteiger partial charge < -0.3 is 9.55 Å². The third-order valence-corrected chi connectivity index (χ3v) is 3.95. The summed E-state index contributed by atoms with van der Waals surface area (Å²) >= 11 is 0. The van der Waals surface area contributed by atoms with Crippen LogP contribution >= 0.6 is 0 Å². The fourth-order valence-corrected chi connectivity index (χ4v) is 2.77. The third kappa shape index (κ3) is 2.84. The fourth-order valence-electron chi connectivity index (χ4n) is 2.77. The number of hydrogen-bond acceptors (Lipinski definition) is 2. The van der Waals surface area contributed by atoms with Crippen molar-refractivity contribution in [2.75, 3.05) is 13.7 Å². The monoisotopic (exact) mass is 231 g/mol. The lowest BCUT2D eigenvalue weighted by molar-refractivity contribution is 0.271. The predicted octanol–water partition coefficient (Wildman–Crippen LogP) is 2.40. The maximum absolute atomic E-state index is 5.20. The first-order valence-electron chi connectivity index (χ1n) is 6.62. The third-order valence-electron chi connectivity index (χ3n) is 3.95. The summed E-state index contributed by atoms with van der Waals surface area (Å²) in [6.45, 7) is 6.40. The van der Waals surface area contributed by atoms with E-state index in [2.05, 4.69) is 42.8 Å². The van der Waals surface area contributed by atoms with E-state index >= 15 is 0 Å². The first kappa shape index (κ1) is 12.5. The standard InChI is InChI=1S/C14H22BNO/c1-12-6-4-5-11-16(12)15(2)13-7-9-14(17-3)10-8-13/h7-10,12H,4-6,11H2,1-3H3/t12-/m1/s1. The highest BCUT2D eigenvalue weighted by molar-refractivity contribution is 6.69. The van der Waals surface area contributed by atoms with Crippen molar-refractivity contribution in [3.05, 3.63) is 24.3 Å². The summed E-state index contributed by atoms with van der Waals surface area (Å²) in [5, 5.41) is 0. The predicted molar refractivity (Wildman–Crippen MR) is 74.3 cm³/mol. The molecule has 92 valence electrons. The highest BCUT2D eigenvalue weighted by Gasteiger charge is 2.26. The van der Waals surface area contributed by atoms with Crippen LogP contribution in [0.3, 0.4) is 0 Å². The van der Waals surface area contributed by atoms with Crippen molar-refractivity contribution < 1.29 is 4.74 Å². The van der Waals surface area contributed by atoms with Crippen molar-refractivity contribution in [1.82, 2.24) is 4.81 Å². The van der Waals surface area contributed by atoms with Crippen LogP contribution in [0.2, 0.25) is 6.82 Å². The van der Waals surface area contributed by atoms with E-state index in [0.717, 1.165) is 5.75 Å². The SMILES string of the molecule is COc1ccc(B(C)N2CCCC[C@H]2C)cc1. The van der Waals surface area contributed by atoms with E-state index < -0.39 is 0 Å². The minimum Gasteiger partial charge on any atom is -0.497 e. The van der Waals surface area contributed by atoms with Crippen molar-refractivity contribution in [3.63, 3.8) is 0 Å². The summed E-state index contributed by atoms with van der Waals surface area (Å²) in [4.78, 5) is 2.62. The Balaban J connectivity index is 2.09. The number of benzene rings is 1. The van der Waals surface area contributed by atoms with Gasteiger partial charge in [-0.3, -0.25) is 0 Å². The Labute approximate surface area is 105 Å². The Hall–Kier alpha value is -0.955. The zero-order valence-corrected chi connectivity index (χ0v) is 11.1. The van der Waals surface area contributed by atoms with Gasteiger partial charge in [-0.05, 0) is 37.6 Å². The lowest BCUT2D eigenvalue weighted by Gasteiger charge is -2.37. The van der Waals surface area contributed by atoms with Crippen LogP contribution in [0.15, 0.2) is 24.3 Å². The Morgan fingerprint density at radius 3 is 2.53 bits per heavy atom. The molecule has 1 fully saturated rings. The molecule has 0 radical (unpaired) electrons. The van der Waals surface area contributed by atoms with Crippen LogP contribution in [0.25, 0.3) is 0 Å². The zero-order valence-electron chi connectivity index (χ0n) is 11.1. The van der Waals surface area contributed by atoms with E-state index in [1.165, 1.54) is 31.3 Å². The minimum atomic E-state index is 0.510. The van der Waals surface area contributed by atoms with E-state index in [4.69, 9.17) is 4.74 Å². The molecule has 0 aromatic heterocycles. The van der Waals surface area contributed by atoms with Gasteiger partial charge in [-0.2, -0.15) is 0 Å². The van der Waals surface area contributed by atoms with Crippen molar-refractivity contribution >= 4 is 12.3 Å². The summed E-state index contributed by atoms with van der Waals surface area (Å²) < 4.78 is 5.20. The Bertz CT molecular complexity index is 352. The van der Waals surface area contributed by atoms with E-state index in [0.29, 0.717) is 12.9 Å². The van der Waals surface area contributed by atoms with Gasteiger partial charge in [0.15, 0.2) is 0 Å². The molecule has 1 atom stereocenters. The fraction of sp³-hybridized carbons (Fsp3) is 0.571. The second-order valence-corrected chi connectivity index (χ2v) is 5.03. The van der Waals surface area contributed by atoms with Gasteiger partial charge in [0.05, 0.1) is 7.11 Å². The maximum atomic E-state index is 5.20. The Morgan fingerprint density at radius 1 is 1.24 bits per heavy atom. The molecule has 0 aliphatic carbocycles. The van der Waals surface area contributed by atoms with Gasteiger partial charge in [-0.25, -0.2) is 0 Å². The molecule has 0 bridgehead atoms. The van der Waals surface area contributed by atoms with Gasteiger partial charge in [0.1, 0.15) is 5.75 Å². The number of ether oxygens (including phenoxy) is 1. The smallest absolute Gasteiger partial charge is 0.254 e. The van der Waals surface area contributed by atoms with E-state index in [1.807, 2.05) is 0 Å². The summed E-state index contributed by atoms with van der Waals surface area (Å²) in [7, 11) is 1.71. The van der Waals surface area contributed by atoms with Crippen LogP contribution < -0.4 is 10.2 Å². The van der Waals surface area contributed by atoms with Gasteiger partial charge in [-0.1, -0.05) is 37.8 Å². The van der Waals surface area contributed by atoms with Gasteiger partial charge >= 0.3 is 0 Å². The molecule has 2 rings (SSSR count). The number of rotatable bonds is 3. The summed E-state index contributed by atoms with van der Waals surface area (Å²) in [5.74, 6) is 0.938. The molecule has 1 heterocycles. The summed E-state index contributed by atoms with van der Waals surface area (Å²) in [6, 6.07) is 9.19. The van der Waals surface area contributed by atoms with Crippen molar-refractivity contribution in [2.24, 2.45) is 0 Å². The molecule has 0 spiro atoms. The topological polar surface area (TPSA) is 12.5 Å². The summed E-state index contributed by atoms with van der Waals surface area (Å²) in [5.41, 5.74) is 1.39. The minimum absolute atomic E-state index is 0.510. The first-order valence-corrected chi connectivity index (χ1v) is 6.62. The van der Waals surface area contributed by atoms with Crippen molar-refractivity contribution in [3.8, 4) is 5.75 Å². The molecule has 1 aromatic rings. The lowest BCUT2D eigenvalue weighted by Crippen LogP contribution is -2.52. The second kappa shape index (κ2) is 5.59. The quantitative estimate of drug-likeness (QED) is 0.740. The molecule has 2 nitrogen and oxygen atoms in total. The molecule has 0 N–H and O–H groups in total. The molecule has 17 heavy (non-hydrogen) atoms. The molecule has 0 saturated carbocycles. The molecule has 1 aromatic carbocycles. The number of hydrogen-bond donors (Lipinski definition) is 0. The van der Waals surface area contributed by atoms with E-state index in [1.54, 1.807) is 7.11 Å². The summed E-state index contributed by atoms with van der Waals surface area (Å²) in [6.07, 6.45) is 4.05. The molecule has 1 aliphatic heterocycles. The van der Waals surface area contributed by atoms with E-state index in [9.17, 15) is 0 Å². The molecular formula is C14H22BNO. The van der Waals surface area contributed by atoms with Gasteiger partial charge in [-0.15, -0.1) is 0 Å². The van der Waals surface area contributed by atoms with Gasteiger partial charge in [0, 0.05) is 0 Å². The van der Waals surface area contributed by atoms with Crippen LogP contribution in [0.5, 0.6) is 5.75 Å².